The number of hydrogen-bond acceptors (Lipinski definition) is 5. The van der Waals surface area contributed by atoms with Crippen molar-refractivity contribution in [3.8, 4) is 0 Å². The van der Waals surface area contributed by atoms with Crippen LogP contribution in [0.3, 0.4) is 0 Å². The summed E-state index contributed by atoms with van der Waals surface area (Å²) in [5, 5.41) is 12.5. The Morgan fingerprint density at radius 2 is 1.40 bits per heavy atom. The van der Waals surface area contributed by atoms with Gasteiger partial charge in [0.1, 0.15) is 5.82 Å². The molecule has 5 rings (SSSR count). The molecule has 10 nitrogen and oxygen atoms in total. The Morgan fingerprint density at radius 1 is 0.820 bits per heavy atom. The number of carbonyl (C=O) groups is 2. The number of tetrazole rings is 1. The highest BCUT2D eigenvalue weighted by Crippen LogP contribution is 2.39. The van der Waals surface area contributed by atoms with Crippen LogP contribution in [0.25, 0.3) is 0 Å². The van der Waals surface area contributed by atoms with E-state index < -0.39 is 83.1 Å². The lowest BCUT2D eigenvalue weighted by Gasteiger charge is -2.33. The molecule has 1 saturated carbocycles. The van der Waals surface area contributed by atoms with Gasteiger partial charge >= 0.3 is 30.6 Å². The molecule has 50 heavy (non-hydrogen) atoms. The molecule has 0 unspecified atom stereocenters. The van der Waals surface area contributed by atoms with Crippen LogP contribution < -0.4 is 10.2 Å². The number of benzene rings is 2. The zero-order valence-corrected chi connectivity index (χ0v) is 26.3. The number of nitrogens with one attached hydrogen (secondary N) is 1. The van der Waals surface area contributed by atoms with E-state index >= 15 is 0 Å². The minimum absolute atomic E-state index is 0.000160. The second-order valence-corrected chi connectivity index (χ2v) is 12.2. The Bertz CT molecular complexity index is 1650. The highest BCUT2D eigenvalue weighted by atomic mass is 19.4. The highest BCUT2D eigenvalue weighted by molar-refractivity contribution is 5.92. The fourth-order valence-corrected chi connectivity index (χ4v) is 6.36. The summed E-state index contributed by atoms with van der Waals surface area (Å²) in [5.74, 6) is -2.43. The first-order valence-electron chi connectivity index (χ1n) is 15.2. The van der Waals surface area contributed by atoms with Crippen molar-refractivity contribution in [3.05, 3.63) is 70.8 Å². The predicted octanol–water partition coefficient (Wildman–Crippen LogP) is 6.72. The van der Waals surface area contributed by atoms with Gasteiger partial charge in [0.15, 0.2) is 0 Å². The molecule has 272 valence electrons. The van der Waals surface area contributed by atoms with E-state index in [2.05, 4.69) is 20.8 Å². The number of carbonyl (C=O) groups excluding carboxylic acids is 2. The lowest BCUT2D eigenvalue weighted by molar-refractivity contribution is -0.149. The Hall–Kier alpha value is -4.65. The van der Waals surface area contributed by atoms with Crippen LogP contribution in [-0.4, -0.2) is 81.3 Å². The highest BCUT2D eigenvalue weighted by Gasteiger charge is 2.44. The number of anilines is 1. The van der Waals surface area contributed by atoms with Crippen molar-refractivity contribution in [1.29, 1.82) is 0 Å². The monoisotopic (exact) mass is 724 g/mol. The normalized spacial score (nSPS) is 21.6. The molecule has 2 aliphatic rings. The van der Waals surface area contributed by atoms with Crippen LogP contribution in [0.1, 0.15) is 60.2 Å². The van der Waals surface area contributed by atoms with Gasteiger partial charge in [0.2, 0.25) is 0 Å². The van der Waals surface area contributed by atoms with Gasteiger partial charge in [-0.3, -0.25) is 4.90 Å². The lowest BCUT2D eigenvalue weighted by Crippen LogP contribution is -2.49. The third-order valence-electron chi connectivity index (χ3n) is 9.04. The van der Waals surface area contributed by atoms with E-state index in [0.717, 1.165) is 28.8 Å². The van der Waals surface area contributed by atoms with Crippen LogP contribution in [0, 0.1) is 5.82 Å². The number of aromatic nitrogens is 4. The number of likely N-dealkylation sites (tertiary alicyclic amines) is 1. The van der Waals surface area contributed by atoms with Crippen LogP contribution in [0.4, 0.5) is 59.2 Å². The number of halogens is 10. The summed E-state index contributed by atoms with van der Waals surface area (Å²) < 4.78 is 135. The number of alkyl halides is 9. The summed E-state index contributed by atoms with van der Waals surface area (Å²) >= 11 is 0. The van der Waals surface area contributed by atoms with Crippen molar-refractivity contribution < 1.29 is 53.5 Å². The third kappa shape index (κ3) is 7.88. The molecule has 2 heterocycles. The van der Waals surface area contributed by atoms with Crippen molar-refractivity contribution in [2.24, 2.45) is 0 Å². The average Bonchev–Trinajstić information content (AvgIpc) is 3.72. The van der Waals surface area contributed by atoms with Gasteiger partial charge in [-0.15, -0.1) is 5.10 Å². The molecular formula is C30H30F10N8O2. The predicted molar refractivity (Wildman–Crippen MR) is 155 cm³/mol. The standard InChI is InChI=1S/C30H30F10N8O2/c1-45(22-12-17(28(32,33)34)11-18(13-22)29(35,36)37)27(50)46(2)24-15-47(14-23(24)16-3-5-19(31)6-4-16)26(49)41-20-7-9-21(10-8-20)48-25(30(38,39)40)42-43-44-48/h3-6,11-13,20-21,23-24H,7-10,14-15H2,1-2H3,(H,41,49)/t20?,21?,23-,24+/m0/s1. The van der Waals surface area contributed by atoms with Crippen molar-refractivity contribution in [3.63, 3.8) is 0 Å². The van der Waals surface area contributed by atoms with Crippen molar-refractivity contribution >= 4 is 17.7 Å². The van der Waals surface area contributed by atoms with Crippen LogP contribution in [0.5, 0.6) is 0 Å². The van der Waals surface area contributed by atoms with Gasteiger partial charge in [-0.1, -0.05) is 12.1 Å². The van der Waals surface area contributed by atoms with Gasteiger partial charge in [0.05, 0.1) is 23.2 Å². The molecule has 1 saturated heterocycles. The number of nitrogens with zero attached hydrogens (tertiary/aromatic N) is 7. The molecule has 1 N–H and O–H groups in total. The van der Waals surface area contributed by atoms with Crippen molar-refractivity contribution in [2.75, 3.05) is 32.1 Å². The molecule has 4 amide bonds. The molecule has 2 atom stereocenters. The van der Waals surface area contributed by atoms with E-state index in [1.54, 1.807) is 0 Å². The van der Waals surface area contributed by atoms with Crippen LogP contribution in [0.15, 0.2) is 42.5 Å². The molecule has 1 aromatic heterocycles. The quantitative estimate of drug-likeness (QED) is 0.295. The van der Waals surface area contributed by atoms with Gasteiger partial charge in [-0.25, -0.2) is 18.7 Å². The van der Waals surface area contributed by atoms with E-state index in [4.69, 9.17) is 0 Å². The second kappa shape index (κ2) is 13.6. The fourth-order valence-electron chi connectivity index (χ4n) is 6.36. The summed E-state index contributed by atoms with van der Waals surface area (Å²) in [6, 6.07) is 2.52. The SMILES string of the molecule is CN(C(=O)N(C)[C@@H]1CN(C(=O)NC2CCC(n3nnnc3C(F)(F)F)CC2)C[C@H]1c1ccc(F)cc1)c1cc(C(F)(F)F)cc(C(F)(F)F)c1. The van der Waals surface area contributed by atoms with Gasteiger partial charge in [-0.05, 0) is 72.0 Å². The third-order valence-corrected chi connectivity index (χ3v) is 9.04. The van der Waals surface area contributed by atoms with E-state index in [9.17, 15) is 53.5 Å². The molecule has 3 aromatic rings. The number of rotatable bonds is 5. The first-order chi connectivity index (χ1) is 23.2. The van der Waals surface area contributed by atoms with Gasteiger partial charge in [0, 0.05) is 44.8 Å². The molecule has 1 aliphatic carbocycles. The summed E-state index contributed by atoms with van der Waals surface area (Å²) in [4.78, 5) is 30.2. The van der Waals surface area contributed by atoms with Gasteiger partial charge in [-0.2, -0.15) is 39.5 Å². The first-order valence-corrected chi connectivity index (χ1v) is 15.2. The fraction of sp³-hybridized carbons (Fsp3) is 0.500. The van der Waals surface area contributed by atoms with Crippen LogP contribution in [0.2, 0.25) is 0 Å². The molecule has 0 bridgehead atoms. The van der Waals surface area contributed by atoms with Crippen LogP contribution >= 0.6 is 0 Å². The maximum Gasteiger partial charge on any atom is 0.453 e. The maximum atomic E-state index is 13.8. The molecule has 0 radical (unpaired) electrons. The van der Waals surface area contributed by atoms with Crippen LogP contribution in [-0.2, 0) is 18.5 Å². The Morgan fingerprint density at radius 3 is 1.94 bits per heavy atom. The average molecular weight is 725 g/mol. The summed E-state index contributed by atoms with van der Waals surface area (Å²) in [6.07, 6.45) is -14.0. The van der Waals surface area contributed by atoms with Crippen molar-refractivity contribution in [2.45, 2.75) is 68.3 Å². The lowest BCUT2D eigenvalue weighted by atomic mass is 9.91. The summed E-state index contributed by atoms with van der Waals surface area (Å²) in [5.41, 5.74) is -3.37. The zero-order chi connectivity index (χ0) is 36.8. The van der Waals surface area contributed by atoms with Gasteiger partial charge in [0.25, 0.3) is 5.82 Å². The smallest absolute Gasteiger partial charge is 0.335 e. The number of hydrogen-bond donors (Lipinski definition) is 1. The number of likely N-dealkylation sites (N-methyl/N-ethyl adjacent to an activating group) is 1. The molecule has 20 heteroatoms. The van der Waals surface area contributed by atoms with Crippen molar-refractivity contribution in [1.82, 2.24) is 35.3 Å². The Kier molecular flexibility index (Phi) is 9.95. The molecule has 0 spiro atoms. The number of amides is 4. The molecule has 1 aliphatic heterocycles. The first kappa shape index (κ1) is 36.6. The largest absolute Gasteiger partial charge is 0.453 e. The van der Waals surface area contributed by atoms with E-state index in [0.29, 0.717) is 35.4 Å². The second-order valence-electron chi connectivity index (χ2n) is 12.2. The van der Waals surface area contributed by atoms with E-state index in [1.165, 1.54) is 24.1 Å². The maximum absolute atomic E-state index is 13.8. The minimum Gasteiger partial charge on any atom is -0.335 e. The molecule has 2 fully saturated rings. The number of urea groups is 2. The van der Waals surface area contributed by atoms with E-state index in [-0.39, 0.29) is 32.0 Å². The Labute approximate surface area is 278 Å². The minimum atomic E-state index is -5.14. The zero-order valence-electron chi connectivity index (χ0n) is 26.3. The van der Waals surface area contributed by atoms with E-state index in [1.807, 2.05) is 0 Å². The summed E-state index contributed by atoms with van der Waals surface area (Å²) in [7, 11) is 2.30. The molecule has 2 aromatic carbocycles. The topological polar surface area (TPSA) is 99.5 Å². The summed E-state index contributed by atoms with van der Waals surface area (Å²) in [6.45, 7) is -0.116. The molecular weight excluding hydrogens is 694 g/mol. The van der Waals surface area contributed by atoms with Gasteiger partial charge < -0.3 is 15.1 Å². The Balaban J connectivity index is 1.32.